The van der Waals surface area contributed by atoms with E-state index in [1.54, 1.807) is 30.5 Å². The van der Waals surface area contributed by atoms with Gasteiger partial charge in [0, 0.05) is 19.3 Å². The van der Waals surface area contributed by atoms with Crippen LogP contribution in [0.5, 0.6) is 0 Å². The number of anilines is 1. The van der Waals surface area contributed by atoms with E-state index in [0.29, 0.717) is 32.1 Å². The van der Waals surface area contributed by atoms with Gasteiger partial charge in [-0.25, -0.2) is 13.4 Å². The average molecular weight is 360 g/mol. The zero-order chi connectivity index (χ0) is 17.7. The fourth-order valence-electron chi connectivity index (χ4n) is 2.44. The van der Waals surface area contributed by atoms with Gasteiger partial charge in [0.1, 0.15) is 5.82 Å². The number of pyridine rings is 1. The largest absolute Gasteiger partial charge is 0.379 e. The smallest absolute Gasteiger partial charge is 0.243 e. The van der Waals surface area contributed by atoms with Crippen LogP contribution in [0.2, 0.25) is 0 Å². The molecule has 0 saturated carbocycles. The topological polar surface area (TPSA) is 83.9 Å². The highest BCUT2D eigenvalue weighted by molar-refractivity contribution is 7.89. The van der Waals surface area contributed by atoms with E-state index in [-0.39, 0.29) is 4.90 Å². The summed E-state index contributed by atoms with van der Waals surface area (Å²) in [6, 6.07) is 12.2. The van der Waals surface area contributed by atoms with Gasteiger partial charge >= 0.3 is 0 Å². The molecule has 1 saturated heterocycles. The number of aromatic nitrogens is 1. The van der Waals surface area contributed by atoms with Crippen molar-refractivity contribution in [3.8, 4) is 0 Å². The summed E-state index contributed by atoms with van der Waals surface area (Å²) in [5.74, 6) is 0.647. The predicted octanol–water partition coefficient (Wildman–Crippen LogP) is 1.94. The minimum atomic E-state index is -3.47. The third-order valence-electron chi connectivity index (χ3n) is 3.88. The van der Waals surface area contributed by atoms with Gasteiger partial charge in [0.2, 0.25) is 10.0 Å². The second kappa shape index (κ2) is 7.73. The van der Waals surface area contributed by atoms with Crippen LogP contribution in [-0.2, 0) is 14.8 Å². The number of ether oxygens (including phenoxy) is 1. The van der Waals surface area contributed by atoms with Crippen molar-refractivity contribution in [1.82, 2.24) is 9.29 Å². The fraction of sp³-hybridized carbons (Fsp3) is 0.294. The molecule has 132 valence electrons. The summed E-state index contributed by atoms with van der Waals surface area (Å²) < 4.78 is 31.9. The molecule has 2 heterocycles. The predicted molar refractivity (Wildman–Crippen MR) is 96.1 cm³/mol. The van der Waals surface area contributed by atoms with Crippen LogP contribution in [-0.4, -0.2) is 49.7 Å². The molecule has 1 N–H and O–H groups in total. The van der Waals surface area contributed by atoms with Gasteiger partial charge in [-0.3, -0.25) is 5.43 Å². The number of rotatable bonds is 5. The summed E-state index contributed by atoms with van der Waals surface area (Å²) in [5.41, 5.74) is 4.45. The van der Waals surface area contributed by atoms with Crippen molar-refractivity contribution in [1.29, 1.82) is 0 Å². The maximum atomic E-state index is 12.6. The Morgan fingerprint density at radius 2 is 1.88 bits per heavy atom. The number of hydrazone groups is 1. The van der Waals surface area contributed by atoms with E-state index in [9.17, 15) is 8.42 Å². The number of nitrogens with one attached hydrogen (secondary N) is 1. The molecule has 25 heavy (non-hydrogen) atoms. The number of morpholine rings is 1. The molecule has 7 nitrogen and oxygen atoms in total. The third-order valence-corrected chi connectivity index (χ3v) is 5.80. The number of hydrogen-bond donors (Lipinski definition) is 1. The molecule has 0 bridgehead atoms. The zero-order valence-electron chi connectivity index (χ0n) is 13.9. The Labute approximate surface area is 147 Å². The standard InChI is InChI=1S/C17H20N4O3S/c1-14(19-20-17-4-2-3-9-18-17)15-5-7-16(8-6-15)25(22,23)21-10-12-24-13-11-21/h2-9H,10-13H2,1H3,(H,18,20)/b19-14+. The average Bonchev–Trinajstić information content (AvgIpc) is 2.68. The molecular weight excluding hydrogens is 340 g/mol. The zero-order valence-corrected chi connectivity index (χ0v) is 14.7. The Hall–Kier alpha value is -2.29. The summed E-state index contributed by atoms with van der Waals surface area (Å²) in [7, 11) is -3.47. The van der Waals surface area contributed by atoms with Gasteiger partial charge in [0.25, 0.3) is 0 Å². The summed E-state index contributed by atoms with van der Waals surface area (Å²) in [4.78, 5) is 4.41. The first-order chi connectivity index (χ1) is 12.1. The SMILES string of the molecule is C/C(=N\Nc1ccccn1)c1ccc(S(=O)(=O)N2CCOCC2)cc1. The van der Waals surface area contributed by atoms with Gasteiger partial charge in [-0.1, -0.05) is 18.2 Å². The van der Waals surface area contributed by atoms with E-state index < -0.39 is 10.0 Å². The lowest BCUT2D eigenvalue weighted by Crippen LogP contribution is -2.40. The third kappa shape index (κ3) is 4.22. The first-order valence-electron chi connectivity index (χ1n) is 7.97. The quantitative estimate of drug-likeness (QED) is 0.651. The Kier molecular flexibility index (Phi) is 5.42. The number of nitrogens with zero attached hydrogens (tertiary/aromatic N) is 3. The number of hydrogen-bond acceptors (Lipinski definition) is 6. The molecule has 1 aromatic heterocycles. The van der Waals surface area contributed by atoms with Crippen LogP contribution in [0.25, 0.3) is 0 Å². The van der Waals surface area contributed by atoms with Crippen LogP contribution >= 0.6 is 0 Å². The molecule has 1 aromatic carbocycles. The molecule has 0 amide bonds. The van der Waals surface area contributed by atoms with Gasteiger partial charge in [-0.2, -0.15) is 9.41 Å². The van der Waals surface area contributed by atoms with Gasteiger partial charge in [-0.15, -0.1) is 0 Å². The van der Waals surface area contributed by atoms with E-state index in [2.05, 4.69) is 15.5 Å². The van der Waals surface area contributed by atoms with Crippen molar-refractivity contribution < 1.29 is 13.2 Å². The maximum Gasteiger partial charge on any atom is 0.243 e. The Morgan fingerprint density at radius 3 is 2.52 bits per heavy atom. The fourth-order valence-corrected chi connectivity index (χ4v) is 3.85. The molecule has 8 heteroatoms. The van der Waals surface area contributed by atoms with Crippen molar-refractivity contribution in [2.24, 2.45) is 5.10 Å². The van der Waals surface area contributed by atoms with Crippen molar-refractivity contribution in [3.63, 3.8) is 0 Å². The van der Waals surface area contributed by atoms with Crippen molar-refractivity contribution in [2.45, 2.75) is 11.8 Å². The molecule has 1 aliphatic heterocycles. The molecule has 0 unspecified atom stereocenters. The molecule has 0 spiro atoms. The second-order valence-corrected chi connectivity index (χ2v) is 7.50. The van der Waals surface area contributed by atoms with Gasteiger partial charge in [-0.05, 0) is 36.8 Å². The van der Waals surface area contributed by atoms with Gasteiger partial charge in [0.15, 0.2) is 0 Å². The Bertz CT molecular complexity index is 830. The molecule has 0 radical (unpaired) electrons. The lowest BCUT2D eigenvalue weighted by molar-refractivity contribution is 0.0730. The molecule has 1 aliphatic rings. The molecular formula is C17H20N4O3S. The molecule has 2 aromatic rings. The van der Waals surface area contributed by atoms with Gasteiger partial charge < -0.3 is 4.74 Å². The van der Waals surface area contributed by atoms with E-state index in [1.165, 1.54) is 4.31 Å². The number of benzene rings is 1. The van der Waals surface area contributed by atoms with Crippen LogP contribution in [0.1, 0.15) is 12.5 Å². The van der Waals surface area contributed by atoms with Gasteiger partial charge in [0.05, 0.1) is 23.8 Å². The lowest BCUT2D eigenvalue weighted by atomic mass is 10.1. The monoisotopic (exact) mass is 360 g/mol. The van der Waals surface area contributed by atoms with E-state index in [0.717, 1.165) is 11.3 Å². The van der Waals surface area contributed by atoms with Crippen LogP contribution in [0.4, 0.5) is 5.82 Å². The van der Waals surface area contributed by atoms with E-state index in [1.807, 2.05) is 25.1 Å². The normalized spacial score (nSPS) is 16.6. The summed E-state index contributed by atoms with van der Waals surface area (Å²) in [6.45, 7) is 3.49. The second-order valence-electron chi connectivity index (χ2n) is 5.56. The highest BCUT2D eigenvalue weighted by Crippen LogP contribution is 2.18. The van der Waals surface area contributed by atoms with Crippen LogP contribution in [0.3, 0.4) is 0 Å². The molecule has 1 fully saturated rings. The molecule has 0 atom stereocenters. The first kappa shape index (κ1) is 17.5. The van der Waals surface area contributed by atoms with Crippen LogP contribution < -0.4 is 5.43 Å². The van der Waals surface area contributed by atoms with Crippen molar-refractivity contribution in [3.05, 3.63) is 54.2 Å². The summed E-state index contributed by atoms with van der Waals surface area (Å²) in [6.07, 6.45) is 1.68. The summed E-state index contributed by atoms with van der Waals surface area (Å²) >= 11 is 0. The highest BCUT2D eigenvalue weighted by atomic mass is 32.2. The van der Waals surface area contributed by atoms with Crippen LogP contribution in [0, 0.1) is 0 Å². The Balaban J connectivity index is 1.73. The van der Waals surface area contributed by atoms with Crippen molar-refractivity contribution in [2.75, 3.05) is 31.7 Å². The van der Waals surface area contributed by atoms with Crippen LogP contribution in [0.15, 0.2) is 58.7 Å². The first-order valence-corrected chi connectivity index (χ1v) is 9.41. The minimum Gasteiger partial charge on any atom is -0.379 e. The number of sulfonamides is 1. The molecule has 0 aliphatic carbocycles. The minimum absolute atomic E-state index is 0.281. The lowest BCUT2D eigenvalue weighted by Gasteiger charge is -2.26. The maximum absolute atomic E-state index is 12.6. The van der Waals surface area contributed by atoms with E-state index in [4.69, 9.17) is 4.74 Å². The highest BCUT2D eigenvalue weighted by Gasteiger charge is 2.26. The Morgan fingerprint density at radius 1 is 1.16 bits per heavy atom. The summed E-state index contributed by atoms with van der Waals surface area (Å²) in [5, 5.41) is 4.27. The molecule has 3 rings (SSSR count). The van der Waals surface area contributed by atoms with Crippen molar-refractivity contribution >= 4 is 21.6 Å². The van der Waals surface area contributed by atoms with E-state index >= 15 is 0 Å².